The van der Waals surface area contributed by atoms with Gasteiger partial charge in [0, 0.05) is 30.9 Å². The van der Waals surface area contributed by atoms with Gasteiger partial charge in [0.15, 0.2) is 0 Å². The van der Waals surface area contributed by atoms with E-state index in [1.165, 1.54) is 12.1 Å². The number of aromatic nitrogens is 2. The van der Waals surface area contributed by atoms with Gasteiger partial charge in [0.1, 0.15) is 0 Å². The number of benzene rings is 1. The average Bonchev–Trinajstić information content (AvgIpc) is 2.39. The van der Waals surface area contributed by atoms with Crippen LogP contribution < -0.4 is 5.32 Å². The van der Waals surface area contributed by atoms with Gasteiger partial charge in [-0.3, -0.25) is 10.1 Å². The Kier molecular flexibility index (Phi) is 3.18. The molecule has 0 unspecified atom stereocenters. The summed E-state index contributed by atoms with van der Waals surface area (Å²) in [5.74, 6) is 0.488. The first-order valence-corrected chi connectivity index (χ1v) is 5.38. The normalized spacial score (nSPS) is 10.1. The number of hydrogen-bond donors (Lipinski definition) is 1. The SMILES string of the molecule is CNc1ncc(C)c(-c2cccc([N+](=O)[O-])c2)n1. The summed E-state index contributed by atoms with van der Waals surface area (Å²) in [4.78, 5) is 18.7. The summed E-state index contributed by atoms with van der Waals surface area (Å²) in [7, 11) is 1.72. The van der Waals surface area contributed by atoms with Gasteiger partial charge in [-0.1, -0.05) is 12.1 Å². The van der Waals surface area contributed by atoms with E-state index in [1.807, 2.05) is 6.92 Å². The van der Waals surface area contributed by atoms with Crippen LogP contribution in [-0.2, 0) is 0 Å². The fraction of sp³-hybridized carbons (Fsp3) is 0.167. The zero-order valence-corrected chi connectivity index (χ0v) is 10.0. The van der Waals surface area contributed by atoms with Gasteiger partial charge in [-0.2, -0.15) is 0 Å². The average molecular weight is 244 g/mol. The molecule has 1 aromatic carbocycles. The third-order valence-electron chi connectivity index (χ3n) is 2.53. The van der Waals surface area contributed by atoms with Crippen molar-refractivity contribution >= 4 is 11.6 Å². The van der Waals surface area contributed by atoms with E-state index < -0.39 is 4.92 Å². The lowest BCUT2D eigenvalue weighted by Crippen LogP contribution is -1.99. The van der Waals surface area contributed by atoms with E-state index in [2.05, 4.69) is 15.3 Å². The highest BCUT2D eigenvalue weighted by molar-refractivity contribution is 5.66. The molecule has 0 radical (unpaired) electrons. The lowest BCUT2D eigenvalue weighted by atomic mass is 10.1. The van der Waals surface area contributed by atoms with Crippen LogP contribution >= 0.6 is 0 Å². The third kappa shape index (κ3) is 2.27. The number of nitro benzene ring substituents is 1. The van der Waals surface area contributed by atoms with Crippen molar-refractivity contribution in [1.82, 2.24) is 9.97 Å². The number of rotatable bonds is 3. The molecule has 0 bridgehead atoms. The zero-order valence-electron chi connectivity index (χ0n) is 10.0. The van der Waals surface area contributed by atoms with Crippen molar-refractivity contribution in [3.8, 4) is 11.3 Å². The summed E-state index contributed by atoms with van der Waals surface area (Å²) in [6.07, 6.45) is 1.69. The molecule has 0 saturated carbocycles. The first-order valence-electron chi connectivity index (χ1n) is 5.38. The minimum Gasteiger partial charge on any atom is -0.357 e. The first-order chi connectivity index (χ1) is 8.61. The Morgan fingerprint density at radius 1 is 1.39 bits per heavy atom. The van der Waals surface area contributed by atoms with Crippen molar-refractivity contribution < 1.29 is 4.92 Å². The Morgan fingerprint density at radius 3 is 2.83 bits per heavy atom. The van der Waals surface area contributed by atoms with Gasteiger partial charge in [0.2, 0.25) is 5.95 Å². The van der Waals surface area contributed by atoms with Crippen molar-refractivity contribution in [3.05, 3.63) is 46.1 Å². The van der Waals surface area contributed by atoms with Gasteiger partial charge in [-0.05, 0) is 12.5 Å². The van der Waals surface area contributed by atoms with Crippen LogP contribution in [0.2, 0.25) is 0 Å². The fourth-order valence-electron chi connectivity index (χ4n) is 1.62. The monoisotopic (exact) mass is 244 g/mol. The Bertz CT molecular complexity index is 598. The van der Waals surface area contributed by atoms with Gasteiger partial charge in [0.25, 0.3) is 5.69 Å². The van der Waals surface area contributed by atoms with Crippen LogP contribution in [-0.4, -0.2) is 21.9 Å². The standard InChI is InChI=1S/C12H12N4O2/c1-8-7-14-12(13-2)15-11(8)9-4-3-5-10(6-9)16(17)18/h3-7H,1-2H3,(H,13,14,15). The second-order valence-electron chi connectivity index (χ2n) is 3.78. The molecule has 6 heteroatoms. The van der Waals surface area contributed by atoms with Gasteiger partial charge < -0.3 is 5.32 Å². The fourth-order valence-corrected chi connectivity index (χ4v) is 1.62. The maximum Gasteiger partial charge on any atom is 0.270 e. The molecule has 1 aromatic heterocycles. The summed E-state index contributed by atoms with van der Waals surface area (Å²) < 4.78 is 0. The number of nitrogens with one attached hydrogen (secondary N) is 1. The Balaban J connectivity index is 2.54. The molecule has 18 heavy (non-hydrogen) atoms. The topological polar surface area (TPSA) is 81.0 Å². The minimum atomic E-state index is -0.418. The number of nitro groups is 1. The van der Waals surface area contributed by atoms with Crippen molar-refractivity contribution in [1.29, 1.82) is 0 Å². The van der Waals surface area contributed by atoms with Crippen molar-refractivity contribution in [2.75, 3.05) is 12.4 Å². The highest BCUT2D eigenvalue weighted by Crippen LogP contribution is 2.25. The van der Waals surface area contributed by atoms with Crippen LogP contribution in [0.15, 0.2) is 30.5 Å². The van der Waals surface area contributed by atoms with Crippen molar-refractivity contribution in [3.63, 3.8) is 0 Å². The molecule has 2 aromatic rings. The maximum atomic E-state index is 10.8. The van der Waals surface area contributed by atoms with Crippen molar-refractivity contribution in [2.45, 2.75) is 6.92 Å². The molecular formula is C12H12N4O2. The predicted octanol–water partition coefficient (Wildman–Crippen LogP) is 2.40. The molecule has 0 spiro atoms. The van der Waals surface area contributed by atoms with Crippen LogP contribution in [0.5, 0.6) is 0 Å². The predicted molar refractivity (Wildman–Crippen MR) is 68.4 cm³/mol. The minimum absolute atomic E-state index is 0.0523. The lowest BCUT2D eigenvalue weighted by molar-refractivity contribution is -0.384. The van der Waals surface area contributed by atoms with E-state index in [9.17, 15) is 10.1 Å². The van der Waals surface area contributed by atoms with E-state index >= 15 is 0 Å². The summed E-state index contributed by atoms with van der Waals surface area (Å²) in [5, 5.41) is 13.6. The molecular weight excluding hydrogens is 232 g/mol. The second kappa shape index (κ2) is 4.79. The largest absolute Gasteiger partial charge is 0.357 e. The van der Waals surface area contributed by atoms with E-state index in [0.29, 0.717) is 17.2 Å². The molecule has 0 atom stereocenters. The molecule has 0 fully saturated rings. The highest BCUT2D eigenvalue weighted by Gasteiger charge is 2.10. The molecule has 0 aliphatic heterocycles. The molecule has 1 N–H and O–H groups in total. The number of anilines is 1. The summed E-state index contributed by atoms with van der Waals surface area (Å²) >= 11 is 0. The highest BCUT2D eigenvalue weighted by atomic mass is 16.6. The third-order valence-corrected chi connectivity index (χ3v) is 2.53. The summed E-state index contributed by atoms with van der Waals surface area (Å²) in [6, 6.07) is 6.41. The summed E-state index contributed by atoms with van der Waals surface area (Å²) in [6.45, 7) is 1.87. The van der Waals surface area contributed by atoms with Crippen molar-refractivity contribution in [2.24, 2.45) is 0 Å². The van der Waals surface area contributed by atoms with E-state index in [0.717, 1.165) is 5.56 Å². The quantitative estimate of drug-likeness (QED) is 0.662. The lowest BCUT2D eigenvalue weighted by Gasteiger charge is -2.06. The van der Waals surface area contributed by atoms with Crippen LogP contribution in [0.1, 0.15) is 5.56 Å². The first kappa shape index (κ1) is 12.0. The number of hydrogen-bond acceptors (Lipinski definition) is 5. The molecule has 92 valence electrons. The Hall–Kier alpha value is -2.50. The van der Waals surface area contributed by atoms with Gasteiger partial charge in [-0.25, -0.2) is 9.97 Å². The molecule has 6 nitrogen and oxygen atoms in total. The smallest absolute Gasteiger partial charge is 0.270 e. The van der Waals surface area contributed by atoms with E-state index in [-0.39, 0.29) is 5.69 Å². The molecule has 0 saturated heterocycles. The molecule has 1 heterocycles. The number of aryl methyl sites for hydroxylation is 1. The molecule has 0 aliphatic rings. The van der Waals surface area contributed by atoms with Gasteiger partial charge >= 0.3 is 0 Å². The van der Waals surface area contributed by atoms with E-state index in [4.69, 9.17) is 0 Å². The van der Waals surface area contributed by atoms with Crippen LogP contribution in [0, 0.1) is 17.0 Å². The molecule has 0 aliphatic carbocycles. The van der Waals surface area contributed by atoms with Crippen LogP contribution in [0.25, 0.3) is 11.3 Å². The number of non-ortho nitro benzene ring substituents is 1. The van der Waals surface area contributed by atoms with Gasteiger partial charge in [0.05, 0.1) is 10.6 Å². The van der Waals surface area contributed by atoms with Gasteiger partial charge in [-0.15, -0.1) is 0 Å². The zero-order chi connectivity index (χ0) is 13.1. The Morgan fingerprint density at radius 2 is 2.17 bits per heavy atom. The van der Waals surface area contributed by atoms with Crippen LogP contribution in [0.4, 0.5) is 11.6 Å². The van der Waals surface area contributed by atoms with E-state index in [1.54, 1.807) is 25.4 Å². The summed E-state index contributed by atoms with van der Waals surface area (Å²) in [5.41, 5.74) is 2.32. The van der Waals surface area contributed by atoms with Crippen LogP contribution in [0.3, 0.4) is 0 Å². The Labute approximate surface area is 104 Å². The number of nitrogens with zero attached hydrogens (tertiary/aromatic N) is 3. The molecule has 0 amide bonds. The maximum absolute atomic E-state index is 10.8. The molecule has 2 rings (SSSR count). The second-order valence-corrected chi connectivity index (χ2v) is 3.78.